The Labute approximate surface area is 202 Å². The molecule has 0 bridgehead atoms. The molecule has 0 radical (unpaired) electrons. The molecule has 3 heteroatoms. The van der Waals surface area contributed by atoms with Crippen molar-refractivity contribution < 1.29 is 14.3 Å². The van der Waals surface area contributed by atoms with Crippen molar-refractivity contribution >= 4 is 11.8 Å². The van der Waals surface area contributed by atoms with Gasteiger partial charge in [0.2, 0.25) is 0 Å². The van der Waals surface area contributed by atoms with Crippen molar-refractivity contribution in [3.8, 4) is 0 Å². The third-order valence-corrected chi connectivity index (χ3v) is 10.0. The molecule has 0 aromatic heterocycles. The number of ether oxygens (including phenoxy) is 1. The topological polar surface area (TPSA) is 43.4 Å². The predicted molar refractivity (Wildman–Crippen MR) is 134 cm³/mol. The number of carbonyl (C=O) groups excluding carboxylic acids is 2. The van der Waals surface area contributed by atoms with E-state index >= 15 is 0 Å². The van der Waals surface area contributed by atoms with Gasteiger partial charge in [0.1, 0.15) is 6.10 Å². The summed E-state index contributed by atoms with van der Waals surface area (Å²) in [5, 5.41) is 0. The fraction of sp³-hybridized carbons (Fsp3) is 0.867. The molecule has 0 spiro atoms. The minimum atomic E-state index is 0.0438. The third-order valence-electron chi connectivity index (χ3n) is 10.0. The van der Waals surface area contributed by atoms with Crippen LogP contribution in [0.1, 0.15) is 124 Å². The van der Waals surface area contributed by atoms with Crippen LogP contribution in [-0.4, -0.2) is 17.9 Å². The highest BCUT2D eigenvalue weighted by molar-refractivity contribution is 5.91. The van der Waals surface area contributed by atoms with E-state index in [0.717, 1.165) is 50.4 Å². The number of hydrogen-bond donors (Lipinski definition) is 0. The van der Waals surface area contributed by atoms with Gasteiger partial charge in [-0.25, -0.2) is 0 Å². The second-order valence-corrected chi connectivity index (χ2v) is 12.2. The molecule has 0 saturated heterocycles. The summed E-state index contributed by atoms with van der Waals surface area (Å²) in [7, 11) is 0. The molecule has 0 N–H and O–H groups in total. The zero-order valence-corrected chi connectivity index (χ0v) is 21.6. The molecule has 3 unspecified atom stereocenters. The van der Waals surface area contributed by atoms with Crippen LogP contribution in [0.3, 0.4) is 0 Å². The van der Waals surface area contributed by atoms with E-state index in [2.05, 4.69) is 20.8 Å². The first-order valence-electron chi connectivity index (χ1n) is 14.4. The van der Waals surface area contributed by atoms with Crippen LogP contribution < -0.4 is 0 Å². The molecular formula is C30H48O3. The van der Waals surface area contributed by atoms with Gasteiger partial charge < -0.3 is 4.74 Å². The average molecular weight is 457 g/mol. The molecule has 0 aromatic carbocycles. The van der Waals surface area contributed by atoms with E-state index in [1.165, 1.54) is 63.4 Å². The first kappa shape index (κ1) is 25.0. The van der Waals surface area contributed by atoms with Crippen LogP contribution in [0.5, 0.6) is 0 Å². The van der Waals surface area contributed by atoms with E-state index in [0.29, 0.717) is 30.0 Å². The number of fused-ring (bicyclic) bond motifs is 5. The molecule has 3 nitrogen and oxygen atoms in total. The van der Waals surface area contributed by atoms with Gasteiger partial charge in [0.25, 0.3) is 0 Å². The minimum absolute atomic E-state index is 0.0438. The number of carbonyl (C=O) groups is 2. The Balaban J connectivity index is 1.28. The Hall–Kier alpha value is -1.12. The van der Waals surface area contributed by atoms with Crippen molar-refractivity contribution in [2.75, 3.05) is 0 Å². The number of esters is 1. The zero-order chi connectivity index (χ0) is 23.4. The number of hydrogen-bond acceptors (Lipinski definition) is 3. The lowest BCUT2D eigenvalue weighted by atomic mass is 9.49. The SMILES string of the molecule is CCCCCCCCCCC(=O)O[C@H]1CCC2C3CCC4=CC(=O)CC[C@@H]4C3[C@@H](C)C[C@@]21C. The van der Waals surface area contributed by atoms with Crippen molar-refractivity contribution in [1.29, 1.82) is 0 Å². The Morgan fingerprint density at radius 3 is 2.48 bits per heavy atom. The van der Waals surface area contributed by atoms with Gasteiger partial charge in [0.05, 0.1) is 0 Å². The lowest BCUT2D eigenvalue weighted by Crippen LogP contribution is -2.51. The van der Waals surface area contributed by atoms with Crippen molar-refractivity contribution in [1.82, 2.24) is 0 Å². The summed E-state index contributed by atoms with van der Waals surface area (Å²) < 4.78 is 6.20. The second kappa shape index (κ2) is 11.1. The summed E-state index contributed by atoms with van der Waals surface area (Å²) in [6.07, 6.45) is 20.3. The van der Waals surface area contributed by atoms with Crippen LogP contribution in [0.2, 0.25) is 0 Å². The number of allylic oxidation sites excluding steroid dienone is 1. The predicted octanol–water partition coefficient (Wildman–Crippen LogP) is 7.82. The van der Waals surface area contributed by atoms with E-state index in [4.69, 9.17) is 4.74 Å². The third kappa shape index (κ3) is 5.43. The fourth-order valence-electron chi connectivity index (χ4n) is 8.54. The molecule has 0 aliphatic heterocycles. The lowest BCUT2D eigenvalue weighted by Gasteiger charge is -2.56. The van der Waals surface area contributed by atoms with E-state index in [9.17, 15) is 9.59 Å². The lowest BCUT2D eigenvalue weighted by molar-refractivity contribution is -0.161. The second-order valence-electron chi connectivity index (χ2n) is 12.2. The Morgan fingerprint density at radius 1 is 1.00 bits per heavy atom. The Kier molecular flexibility index (Phi) is 8.39. The van der Waals surface area contributed by atoms with Gasteiger partial charge in [-0.05, 0) is 80.6 Å². The highest BCUT2D eigenvalue weighted by Crippen LogP contribution is 2.64. The Morgan fingerprint density at radius 2 is 1.73 bits per heavy atom. The molecule has 33 heavy (non-hydrogen) atoms. The van der Waals surface area contributed by atoms with E-state index in [1.807, 2.05) is 6.08 Å². The van der Waals surface area contributed by atoms with Crippen molar-refractivity contribution in [3.63, 3.8) is 0 Å². The monoisotopic (exact) mass is 456 g/mol. The van der Waals surface area contributed by atoms with Crippen LogP contribution in [-0.2, 0) is 14.3 Å². The van der Waals surface area contributed by atoms with E-state index < -0.39 is 0 Å². The maximum absolute atomic E-state index is 12.7. The largest absolute Gasteiger partial charge is 0.462 e. The van der Waals surface area contributed by atoms with Crippen molar-refractivity contribution in [2.24, 2.45) is 35.0 Å². The van der Waals surface area contributed by atoms with Crippen LogP contribution in [0.25, 0.3) is 0 Å². The first-order chi connectivity index (χ1) is 15.9. The van der Waals surface area contributed by atoms with Gasteiger partial charge in [0, 0.05) is 18.3 Å². The maximum Gasteiger partial charge on any atom is 0.306 e. The summed E-state index contributed by atoms with van der Waals surface area (Å²) in [5.41, 5.74) is 1.59. The average Bonchev–Trinajstić information content (AvgIpc) is 3.10. The summed E-state index contributed by atoms with van der Waals surface area (Å²) in [4.78, 5) is 24.7. The van der Waals surface area contributed by atoms with E-state index in [-0.39, 0.29) is 17.5 Å². The van der Waals surface area contributed by atoms with E-state index in [1.54, 1.807) is 0 Å². The highest BCUT2D eigenvalue weighted by atomic mass is 16.5. The molecule has 0 aromatic rings. The van der Waals surface area contributed by atoms with Crippen molar-refractivity contribution in [3.05, 3.63) is 11.6 Å². The molecule has 4 aliphatic rings. The molecular weight excluding hydrogens is 408 g/mol. The maximum atomic E-state index is 12.7. The van der Waals surface area contributed by atoms with Crippen LogP contribution in [0, 0.1) is 35.0 Å². The molecule has 0 amide bonds. The molecule has 3 fully saturated rings. The van der Waals surface area contributed by atoms with Crippen LogP contribution in [0.15, 0.2) is 11.6 Å². The number of unbranched alkanes of at least 4 members (excludes halogenated alkanes) is 7. The molecule has 3 saturated carbocycles. The van der Waals surface area contributed by atoms with Gasteiger partial charge in [0.15, 0.2) is 5.78 Å². The summed E-state index contributed by atoms with van der Waals surface area (Å²) >= 11 is 0. The van der Waals surface area contributed by atoms with Crippen LogP contribution in [0.4, 0.5) is 0 Å². The summed E-state index contributed by atoms with van der Waals surface area (Å²) in [6.45, 7) is 7.13. The standard InChI is InChI=1S/C30H48O3/c1-4-5-6-7-8-9-10-11-12-28(32)33-27-18-17-26-25-15-13-22-19-23(31)14-16-24(22)29(25)21(2)20-30(26,27)3/h19,21,24-27,29H,4-18,20H2,1-3H3/t21-,24-,25?,26?,27-,29?,30-/m0/s1. The minimum Gasteiger partial charge on any atom is -0.462 e. The first-order valence-corrected chi connectivity index (χ1v) is 14.4. The van der Waals surface area contributed by atoms with Gasteiger partial charge in [-0.15, -0.1) is 0 Å². The summed E-state index contributed by atoms with van der Waals surface area (Å²) in [5.74, 6) is 3.81. The van der Waals surface area contributed by atoms with Gasteiger partial charge in [-0.1, -0.05) is 71.3 Å². The molecule has 0 heterocycles. The summed E-state index contributed by atoms with van der Waals surface area (Å²) in [6, 6.07) is 0. The normalized spacial score (nSPS) is 37.7. The molecule has 186 valence electrons. The quantitative estimate of drug-likeness (QED) is 0.249. The van der Waals surface area contributed by atoms with Gasteiger partial charge in [-0.3, -0.25) is 9.59 Å². The van der Waals surface area contributed by atoms with Gasteiger partial charge >= 0.3 is 5.97 Å². The molecule has 4 rings (SSSR count). The smallest absolute Gasteiger partial charge is 0.306 e. The van der Waals surface area contributed by atoms with Crippen molar-refractivity contribution in [2.45, 2.75) is 130 Å². The molecule has 4 aliphatic carbocycles. The number of rotatable bonds is 10. The highest BCUT2D eigenvalue weighted by Gasteiger charge is 2.59. The van der Waals surface area contributed by atoms with Crippen LogP contribution >= 0.6 is 0 Å². The Bertz CT molecular complexity index is 724. The zero-order valence-electron chi connectivity index (χ0n) is 21.6. The van der Waals surface area contributed by atoms with Gasteiger partial charge in [-0.2, -0.15) is 0 Å². The number of ketones is 1. The fourth-order valence-corrected chi connectivity index (χ4v) is 8.54. The molecule has 7 atom stereocenters.